The second kappa shape index (κ2) is 5.74. The molecule has 2 rings (SSSR count). The van der Waals surface area contributed by atoms with Crippen LogP contribution in [-0.4, -0.2) is 45.5 Å². The summed E-state index contributed by atoms with van der Waals surface area (Å²) in [6, 6.07) is 1.01. The molecule has 106 valence electrons. The zero-order valence-corrected chi connectivity index (χ0v) is 12.3. The lowest BCUT2D eigenvalue weighted by Gasteiger charge is -2.28. The molecule has 0 aromatic carbocycles. The fourth-order valence-electron chi connectivity index (χ4n) is 2.92. The van der Waals surface area contributed by atoms with Crippen LogP contribution in [-0.2, 0) is 7.05 Å². The molecule has 2 heterocycles. The van der Waals surface area contributed by atoms with Crippen LogP contribution in [0.1, 0.15) is 42.9 Å². The Kier molecular flexibility index (Phi) is 4.24. The van der Waals surface area contributed by atoms with Gasteiger partial charge in [0, 0.05) is 25.7 Å². The van der Waals surface area contributed by atoms with Gasteiger partial charge in [-0.15, -0.1) is 0 Å². The van der Waals surface area contributed by atoms with Gasteiger partial charge in [0.25, 0.3) is 5.91 Å². The fraction of sp³-hybridized carbons (Fsp3) is 0.714. The lowest BCUT2D eigenvalue weighted by atomic mass is 10.2. The first-order chi connectivity index (χ1) is 9.00. The highest BCUT2D eigenvalue weighted by molar-refractivity contribution is 5.93. The monoisotopic (exact) mass is 264 g/mol. The highest BCUT2D eigenvalue weighted by Gasteiger charge is 2.27. The molecule has 1 aromatic heterocycles. The van der Waals surface area contributed by atoms with E-state index in [4.69, 9.17) is 0 Å². The number of nitrogens with one attached hydrogen (secondary N) is 1. The second-order valence-electron chi connectivity index (χ2n) is 5.63. The maximum absolute atomic E-state index is 12.2. The summed E-state index contributed by atoms with van der Waals surface area (Å²) in [4.78, 5) is 18.8. The molecule has 5 nitrogen and oxygen atoms in total. The summed E-state index contributed by atoms with van der Waals surface area (Å²) in [6.07, 6.45) is 4.08. The lowest BCUT2D eigenvalue weighted by Crippen LogP contribution is -2.43. The molecular formula is C14H24N4O. The minimum Gasteiger partial charge on any atom is -0.349 e. The van der Waals surface area contributed by atoms with Crippen LogP contribution >= 0.6 is 0 Å². The van der Waals surface area contributed by atoms with Crippen molar-refractivity contribution in [3.05, 3.63) is 17.7 Å². The smallest absolute Gasteiger partial charge is 0.269 e. The van der Waals surface area contributed by atoms with Crippen LogP contribution in [0.3, 0.4) is 0 Å². The van der Waals surface area contributed by atoms with Crippen LogP contribution in [0.5, 0.6) is 0 Å². The van der Waals surface area contributed by atoms with Crippen molar-refractivity contribution in [1.29, 1.82) is 0 Å². The van der Waals surface area contributed by atoms with Gasteiger partial charge >= 0.3 is 0 Å². The van der Waals surface area contributed by atoms with Crippen LogP contribution in [0.15, 0.2) is 6.33 Å². The van der Waals surface area contributed by atoms with E-state index in [0.717, 1.165) is 18.8 Å². The van der Waals surface area contributed by atoms with Gasteiger partial charge in [-0.2, -0.15) is 0 Å². The van der Waals surface area contributed by atoms with E-state index in [1.807, 2.05) is 14.0 Å². The minimum atomic E-state index is -0.0203. The van der Waals surface area contributed by atoms with Crippen LogP contribution in [0.2, 0.25) is 0 Å². The summed E-state index contributed by atoms with van der Waals surface area (Å²) >= 11 is 0. The van der Waals surface area contributed by atoms with Gasteiger partial charge in [0.1, 0.15) is 5.69 Å². The lowest BCUT2D eigenvalue weighted by molar-refractivity contribution is 0.0926. The highest BCUT2D eigenvalue weighted by Crippen LogP contribution is 2.19. The highest BCUT2D eigenvalue weighted by atomic mass is 16.2. The third-order valence-corrected chi connectivity index (χ3v) is 3.92. The Balaban J connectivity index is 1.94. The van der Waals surface area contributed by atoms with Crippen molar-refractivity contribution >= 4 is 5.91 Å². The summed E-state index contributed by atoms with van der Waals surface area (Å²) in [7, 11) is 1.85. The molecule has 1 amide bonds. The summed E-state index contributed by atoms with van der Waals surface area (Å²) < 4.78 is 1.78. The second-order valence-corrected chi connectivity index (χ2v) is 5.63. The van der Waals surface area contributed by atoms with E-state index < -0.39 is 0 Å². The van der Waals surface area contributed by atoms with E-state index in [2.05, 4.69) is 29.0 Å². The number of likely N-dealkylation sites (tertiary alicyclic amines) is 1. The van der Waals surface area contributed by atoms with Crippen molar-refractivity contribution in [1.82, 2.24) is 19.8 Å². The zero-order chi connectivity index (χ0) is 14.0. The van der Waals surface area contributed by atoms with E-state index in [-0.39, 0.29) is 5.91 Å². The number of aromatic nitrogens is 2. The van der Waals surface area contributed by atoms with Crippen LogP contribution in [0.4, 0.5) is 0 Å². The SMILES string of the molecule is Cc1ncn(C)c1C(=O)NCC1CCCN1C(C)C. The van der Waals surface area contributed by atoms with Gasteiger partial charge in [-0.1, -0.05) is 0 Å². The van der Waals surface area contributed by atoms with Gasteiger partial charge in [0.2, 0.25) is 0 Å². The molecule has 1 aromatic rings. The van der Waals surface area contributed by atoms with Gasteiger partial charge in [0.15, 0.2) is 0 Å². The predicted octanol–water partition coefficient (Wildman–Crippen LogP) is 1.33. The van der Waals surface area contributed by atoms with Crippen molar-refractivity contribution in [2.24, 2.45) is 7.05 Å². The number of hydrogen-bond acceptors (Lipinski definition) is 3. The third kappa shape index (κ3) is 2.97. The summed E-state index contributed by atoms with van der Waals surface area (Å²) in [5.41, 5.74) is 1.45. The molecule has 0 aliphatic carbocycles. The molecule has 1 saturated heterocycles. The molecule has 1 aliphatic rings. The number of hydrogen-bond donors (Lipinski definition) is 1. The van der Waals surface area contributed by atoms with Crippen LogP contribution in [0, 0.1) is 6.92 Å². The molecule has 1 fully saturated rings. The topological polar surface area (TPSA) is 50.2 Å². The predicted molar refractivity (Wildman–Crippen MR) is 75.1 cm³/mol. The number of amides is 1. The molecule has 19 heavy (non-hydrogen) atoms. The number of nitrogens with zero attached hydrogens (tertiary/aromatic N) is 3. The van der Waals surface area contributed by atoms with Gasteiger partial charge < -0.3 is 9.88 Å². The number of carbonyl (C=O) groups is 1. The standard InChI is InChI=1S/C14H24N4O/c1-10(2)18-7-5-6-12(18)8-15-14(19)13-11(3)16-9-17(13)4/h9-10,12H,5-8H2,1-4H3,(H,15,19). The molecule has 5 heteroatoms. The Labute approximate surface area is 115 Å². The van der Waals surface area contributed by atoms with E-state index in [1.54, 1.807) is 10.9 Å². The third-order valence-electron chi connectivity index (χ3n) is 3.92. The molecule has 1 N–H and O–H groups in total. The largest absolute Gasteiger partial charge is 0.349 e. The average Bonchev–Trinajstić information content (AvgIpc) is 2.93. The van der Waals surface area contributed by atoms with E-state index in [9.17, 15) is 4.79 Å². The van der Waals surface area contributed by atoms with E-state index in [1.165, 1.54) is 12.8 Å². The normalized spacial score (nSPS) is 20.2. The molecule has 0 saturated carbocycles. The Bertz CT molecular complexity index is 433. The molecule has 1 atom stereocenters. The summed E-state index contributed by atoms with van der Waals surface area (Å²) in [5, 5.41) is 3.05. The Morgan fingerprint density at radius 2 is 2.32 bits per heavy atom. The first kappa shape index (κ1) is 14.1. The van der Waals surface area contributed by atoms with Crippen molar-refractivity contribution < 1.29 is 4.79 Å². The Morgan fingerprint density at radius 1 is 1.58 bits per heavy atom. The molecular weight excluding hydrogens is 240 g/mol. The average molecular weight is 264 g/mol. The van der Waals surface area contributed by atoms with Crippen molar-refractivity contribution in [3.8, 4) is 0 Å². The van der Waals surface area contributed by atoms with Crippen molar-refractivity contribution in [3.63, 3.8) is 0 Å². The first-order valence-corrected chi connectivity index (χ1v) is 7.02. The van der Waals surface area contributed by atoms with Gasteiger partial charge in [-0.3, -0.25) is 9.69 Å². The molecule has 0 radical (unpaired) electrons. The van der Waals surface area contributed by atoms with Crippen LogP contribution in [0.25, 0.3) is 0 Å². The minimum absolute atomic E-state index is 0.0203. The summed E-state index contributed by atoms with van der Waals surface area (Å²) in [6.45, 7) is 8.16. The maximum Gasteiger partial charge on any atom is 0.269 e. The fourth-order valence-corrected chi connectivity index (χ4v) is 2.92. The maximum atomic E-state index is 12.2. The van der Waals surface area contributed by atoms with Gasteiger partial charge in [-0.05, 0) is 40.2 Å². The van der Waals surface area contributed by atoms with Crippen LogP contribution < -0.4 is 5.32 Å². The zero-order valence-electron chi connectivity index (χ0n) is 12.3. The number of rotatable bonds is 4. The molecule has 0 bridgehead atoms. The van der Waals surface area contributed by atoms with Gasteiger partial charge in [0.05, 0.1) is 12.0 Å². The Morgan fingerprint density at radius 3 is 2.89 bits per heavy atom. The first-order valence-electron chi connectivity index (χ1n) is 7.02. The quantitative estimate of drug-likeness (QED) is 0.892. The molecule has 1 unspecified atom stereocenters. The van der Waals surface area contributed by atoms with Crippen molar-refractivity contribution in [2.45, 2.75) is 45.7 Å². The molecule has 0 spiro atoms. The summed E-state index contributed by atoms with van der Waals surface area (Å²) in [5.74, 6) is -0.0203. The van der Waals surface area contributed by atoms with E-state index in [0.29, 0.717) is 17.8 Å². The van der Waals surface area contributed by atoms with Crippen molar-refractivity contribution in [2.75, 3.05) is 13.1 Å². The van der Waals surface area contributed by atoms with Gasteiger partial charge in [-0.25, -0.2) is 4.98 Å². The number of carbonyl (C=O) groups excluding carboxylic acids is 1. The Hall–Kier alpha value is -1.36. The molecule has 1 aliphatic heterocycles. The van der Waals surface area contributed by atoms with E-state index >= 15 is 0 Å². The number of imidazole rings is 1. The number of aryl methyl sites for hydroxylation is 2.